The van der Waals surface area contributed by atoms with E-state index in [4.69, 9.17) is 5.73 Å². The molecule has 2 aromatic rings. The summed E-state index contributed by atoms with van der Waals surface area (Å²) in [5, 5.41) is 7.09. The molecule has 1 amide bonds. The van der Waals surface area contributed by atoms with E-state index in [1.807, 2.05) is 0 Å². The minimum absolute atomic E-state index is 0. The zero-order chi connectivity index (χ0) is 18.7. The van der Waals surface area contributed by atoms with Crippen LogP contribution in [-0.4, -0.2) is 28.3 Å². The van der Waals surface area contributed by atoms with Crippen molar-refractivity contribution in [3.63, 3.8) is 0 Å². The molecule has 3 N–H and O–H groups in total. The summed E-state index contributed by atoms with van der Waals surface area (Å²) in [6, 6.07) is 6.33. The van der Waals surface area contributed by atoms with Crippen LogP contribution >= 0.6 is 12.4 Å². The molecular weight excluding hydrogens is 381 g/mol. The average Bonchev–Trinajstić information content (AvgIpc) is 3.12. The Morgan fingerprint density at radius 3 is 2.70 bits per heavy atom. The van der Waals surface area contributed by atoms with Crippen LogP contribution in [0.25, 0.3) is 5.69 Å². The maximum absolute atomic E-state index is 12.8. The number of hydrogen-bond acceptors (Lipinski definition) is 3. The van der Waals surface area contributed by atoms with Gasteiger partial charge in [-0.05, 0) is 49.6 Å². The van der Waals surface area contributed by atoms with E-state index in [1.54, 1.807) is 0 Å². The van der Waals surface area contributed by atoms with Crippen LogP contribution in [0.3, 0.4) is 0 Å². The Balaban J connectivity index is 0.00000261. The number of carbonyl (C=O) groups excluding carboxylic acids is 1. The highest BCUT2D eigenvalue weighted by Gasteiger charge is 2.30. The van der Waals surface area contributed by atoms with Gasteiger partial charge >= 0.3 is 6.18 Å². The van der Waals surface area contributed by atoms with Crippen LogP contribution in [0.4, 0.5) is 13.2 Å². The van der Waals surface area contributed by atoms with Gasteiger partial charge in [-0.25, -0.2) is 4.68 Å². The second kappa shape index (κ2) is 8.75. The summed E-state index contributed by atoms with van der Waals surface area (Å²) in [4.78, 5) is 12.4. The van der Waals surface area contributed by atoms with E-state index >= 15 is 0 Å². The number of aromatic nitrogens is 2. The number of carbonyl (C=O) groups is 1. The number of nitrogens with one attached hydrogen (secondary N) is 1. The van der Waals surface area contributed by atoms with E-state index in [-0.39, 0.29) is 41.7 Å². The molecule has 0 aliphatic heterocycles. The third-order valence-corrected chi connectivity index (χ3v) is 4.79. The number of amides is 1. The van der Waals surface area contributed by atoms with Gasteiger partial charge in [0.15, 0.2) is 5.69 Å². The van der Waals surface area contributed by atoms with E-state index in [2.05, 4.69) is 10.4 Å². The van der Waals surface area contributed by atoms with Crippen molar-refractivity contribution in [3.05, 3.63) is 47.8 Å². The average molecular weight is 403 g/mol. The van der Waals surface area contributed by atoms with Crippen LogP contribution < -0.4 is 11.1 Å². The summed E-state index contributed by atoms with van der Waals surface area (Å²) in [5.74, 6) is -0.0840. The molecule has 3 rings (SSSR count). The second-order valence-electron chi connectivity index (χ2n) is 6.55. The lowest BCUT2D eigenvalue weighted by Gasteiger charge is -2.31. The number of nitrogens with two attached hydrogens (primary N) is 1. The smallest absolute Gasteiger partial charge is 0.348 e. The molecule has 0 radical (unpaired) electrons. The maximum atomic E-state index is 12.8. The van der Waals surface area contributed by atoms with Crippen LogP contribution in [0.1, 0.15) is 41.7 Å². The summed E-state index contributed by atoms with van der Waals surface area (Å²) in [6.07, 6.45) is 1.06. The first kappa shape index (κ1) is 21.2. The normalized spacial score (nSPS) is 20.0. The standard InChI is InChI=1S/C18H21F3N4O.ClH/c19-18(20,21)13-5-3-6-14(10-13)25-9-8-16(24-25)17(26)23-15-7-2-1-4-12(15)11-22;/h3,5-6,8-10,12,15H,1-2,4,7,11,22H2,(H,23,26);1H. The van der Waals surface area contributed by atoms with E-state index in [0.29, 0.717) is 6.54 Å². The summed E-state index contributed by atoms with van der Waals surface area (Å²) in [5.41, 5.74) is 5.43. The van der Waals surface area contributed by atoms with Crippen molar-refractivity contribution in [2.45, 2.75) is 37.9 Å². The zero-order valence-electron chi connectivity index (χ0n) is 14.6. The molecule has 9 heteroatoms. The molecular formula is C18H22ClF3N4O. The van der Waals surface area contributed by atoms with Gasteiger partial charge in [-0.15, -0.1) is 12.4 Å². The van der Waals surface area contributed by atoms with Crippen molar-refractivity contribution in [3.8, 4) is 5.69 Å². The van der Waals surface area contributed by atoms with Crippen molar-refractivity contribution in [2.24, 2.45) is 11.7 Å². The monoisotopic (exact) mass is 402 g/mol. The maximum Gasteiger partial charge on any atom is 0.416 e. The van der Waals surface area contributed by atoms with Gasteiger partial charge in [-0.1, -0.05) is 18.9 Å². The number of halogens is 4. The fourth-order valence-electron chi connectivity index (χ4n) is 3.34. The Kier molecular flexibility index (Phi) is 6.89. The van der Waals surface area contributed by atoms with Crippen LogP contribution in [0.5, 0.6) is 0 Å². The molecule has 1 fully saturated rings. The van der Waals surface area contributed by atoms with E-state index in [9.17, 15) is 18.0 Å². The predicted molar refractivity (Wildman–Crippen MR) is 98.1 cm³/mol. The second-order valence-corrected chi connectivity index (χ2v) is 6.55. The molecule has 2 unspecified atom stereocenters. The number of hydrogen-bond donors (Lipinski definition) is 2. The number of benzene rings is 1. The Bertz CT molecular complexity index is 778. The lowest BCUT2D eigenvalue weighted by molar-refractivity contribution is -0.137. The molecule has 1 heterocycles. The van der Waals surface area contributed by atoms with Crippen molar-refractivity contribution >= 4 is 18.3 Å². The molecule has 1 aliphatic rings. The first-order valence-electron chi connectivity index (χ1n) is 8.62. The molecule has 1 aromatic carbocycles. The molecule has 1 aliphatic carbocycles. The fraction of sp³-hybridized carbons (Fsp3) is 0.444. The van der Waals surface area contributed by atoms with Crippen molar-refractivity contribution in [2.75, 3.05) is 6.54 Å². The number of rotatable bonds is 4. The lowest BCUT2D eigenvalue weighted by Crippen LogP contribution is -2.44. The molecule has 5 nitrogen and oxygen atoms in total. The molecule has 1 aromatic heterocycles. The number of alkyl halides is 3. The van der Waals surface area contributed by atoms with E-state index < -0.39 is 11.7 Å². The quantitative estimate of drug-likeness (QED) is 0.821. The molecule has 148 valence electrons. The highest BCUT2D eigenvalue weighted by molar-refractivity contribution is 5.92. The van der Waals surface area contributed by atoms with Crippen LogP contribution in [-0.2, 0) is 6.18 Å². The highest BCUT2D eigenvalue weighted by Crippen LogP contribution is 2.30. The van der Waals surface area contributed by atoms with Gasteiger partial charge < -0.3 is 11.1 Å². The van der Waals surface area contributed by atoms with E-state index in [0.717, 1.165) is 37.8 Å². The third-order valence-electron chi connectivity index (χ3n) is 4.79. The van der Waals surface area contributed by atoms with Crippen LogP contribution in [0.15, 0.2) is 36.5 Å². The molecule has 0 saturated heterocycles. The molecule has 2 atom stereocenters. The first-order chi connectivity index (χ1) is 12.4. The summed E-state index contributed by atoms with van der Waals surface area (Å²) in [6.45, 7) is 0.517. The molecule has 27 heavy (non-hydrogen) atoms. The van der Waals surface area contributed by atoms with Gasteiger partial charge in [0, 0.05) is 12.2 Å². The minimum Gasteiger partial charge on any atom is -0.348 e. The van der Waals surface area contributed by atoms with Crippen molar-refractivity contribution in [1.29, 1.82) is 0 Å². The van der Waals surface area contributed by atoms with Gasteiger partial charge in [-0.3, -0.25) is 4.79 Å². The Morgan fingerprint density at radius 2 is 2.00 bits per heavy atom. The highest BCUT2D eigenvalue weighted by atomic mass is 35.5. The predicted octanol–water partition coefficient (Wildman–Crippen LogP) is 3.56. The van der Waals surface area contributed by atoms with Gasteiger partial charge in [0.1, 0.15) is 0 Å². The van der Waals surface area contributed by atoms with Crippen LogP contribution in [0.2, 0.25) is 0 Å². The minimum atomic E-state index is -4.43. The topological polar surface area (TPSA) is 72.9 Å². The Hall–Kier alpha value is -2.06. The Morgan fingerprint density at radius 1 is 1.26 bits per heavy atom. The summed E-state index contributed by atoms with van der Waals surface area (Å²) in [7, 11) is 0. The fourth-order valence-corrected chi connectivity index (χ4v) is 3.34. The van der Waals surface area contributed by atoms with E-state index in [1.165, 1.54) is 29.1 Å². The largest absolute Gasteiger partial charge is 0.416 e. The zero-order valence-corrected chi connectivity index (χ0v) is 15.4. The summed E-state index contributed by atoms with van der Waals surface area (Å²) < 4.78 is 39.8. The van der Waals surface area contributed by atoms with Gasteiger partial charge in [-0.2, -0.15) is 18.3 Å². The first-order valence-corrected chi connectivity index (χ1v) is 8.62. The number of nitrogens with zero attached hydrogens (tertiary/aromatic N) is 2. The van der Waals surface area contributed by atoms with Gasteiger partial charge in [0.2, 0.25) is 0 Å². The van der Waals surface area contributed by atoms with Crippen molar-refractivity contribution in [1.82, 2.24) is 15.1 Å². The van der Waals surface area contributed by atoms with Crippen LogP contribution in [0, 0.1) is 5.92 Å². The van der Waals surface area contributed by atoms with Crippen molar-refractivity contribution < 1.29 is 18.0 Å². The summed E-state index contributed by atoms with van der Waals surface area (Å²) >= 11 is 0. The third kappa shape index (κ3) is 5.01. The molecule has 0 spiro atoms. The lowest BCUT2D eigenvalue weighted by atomic mass is 9.84. The van der Waals surface area contributed by atoms with Gasteiger partial charge in [0.05, 0.1) is 11.3 Å². The Labute approximate surface area is 161 Å². The van der Waals surface area contributed by atoms with Gasteiger partial charge in [0.25, 0.3) is 5.91 Å². The molecule has 1 saturated carbocycles. The SMILES string of the molecule is Cl.NCC1CCCCC1NC(=O)c1ccn(-c2cccc(C(F)(F)F)c2)n1. The molecule has 0 bridgehead atoms.